The SMILES string of the molecule is COC(=O)N(N)[C@](C(=O)O)(C(=C=O)c1ccccc1)c1cccc(N=CNN)c1. The van der Waals surface area contributed by atoms with Crippen LogP contribution in [0.5, 0.6) is 0 Å². The van der Waals surface area contributed by atoms with E-state index >= 15 is 0 Å². The Morgan fingerprint density at radius 2 is 1.93 bits per heavy atom. The summed E-state index contributed by atoms with van der Waals surface area (Å²) in [5.41, 5.74) is -0.134. The van der Waals surface area contributed by atoms with Crippen molar-refractivity contribution >= 4 is 35.6 Å². The lowest BCUT2D eigenvalue weighted by Crippen LogP contribution is -2.59. The van der Waals surface area contributed by atoms with E-state index in [1.807, 2.05) is 0 Å². The number of nitrogens with zero attached hydrogens (tertiary/aromatic N) is 2. The maximum Gasteiger partial charge on any atom is 0.425 e. The molecular formula is C19H19N5O5. The fourth-order valence-corrected chi connectivity index (χ4v) is 2.84. The van der Waals surface area contributed by atoms with Crippen LogP contribution in [0.1, 0.15) is 11.1 Å². The Kier molecular flexibility index (Phi) is 6.83. The Balaban J connectivity index is 2.88. The maximum absolute atomic E-state index is 12.6. The average Bonchev–Trinajstić information content (AvgIpc) is 2.75. The summed E-state index contributed by atoms with van der Waals surface area (Å²) in [5.74, 6) is 11.1. The molecule has 0 fully saturated rings. The quantitative estimate of drug-likeness (QED) is 0.134. The smallest absolute Gasteiger partial charge is 0.425 e. The number of aliphatic imine (C=N–C) groups is 1. The van der Waals surface area contributed by atoms with Gasteiger partial charge >= 0.3 is 12.1 Å². The third-order valence-corrected chi connectivity index (χ3v) is 4.12. The summed E-state index contributed by atoms with van der Waals surface area (Å²) >= 11 is 0. The van der Waals surface area contributed by atoms with E-state index in [0.717, 1.165) is 7.11 Å². The number of benzene rings is 2. The van der Waals surface area contributed by atoms with Crippen LogP contribution in [0, 0.1) is 0 Å². The van der Waals surface area contributed by atoms with Crippen LogP contribution in [0.4, 0.5) is 10.5 Å². The second kappa shape index (κ2) is 9.29. The molecule has 0 radical (unpaired) electrons. The number of methoxy groups -OCH3 is 1. The van der Waals surface area contributed by atoms with Gasteiger partial charge in [-0.25, -0.2) is 36.1 Å². The molecule has 10 heteroatoms. The second-order valence-corrected chi connectivity index (χ2v) is 5.67. The Morgan fingerprint density at radius 1 is 1.24 bits per heavy atom. The molecule has 0 bridgehead atoms. The van der Waals surface area contributed by atoms with E-state index in [2.05, 4.69) is 15.2 Å². The number of rotatable bonds is 7. The van der Waals surface area contributed by atoms with Gasteiger partial charge in [0.15, 0.2) is 0 Å². The highest BCUT2D eigenvalue weighted by Gasteiger charge is 2.53. The molecule has 0 unspecified atom stereocenters. The summed E-state index contributed by atoms with van der Waals surface area (Å²) in [7, 11) is 1.04. The summed E-state index contributed by atoms with van der Waals surface area (Å²) in [4.78, 5) is 40.8. The lowest BCUT2D eigenvalue weighted by atomic mass is 9.79. The Bertz CT molecular complexity index is 972. The van der Waals surface area contributed by atoms with E-state index in [0.29, 0.717) is 10.7 Å². The van der Waals surface area contributed by atoms with Crippen LogP contribution in [-0.4, -0.2) is 41.6 Å². The molecule has 0 heterocycles. The lowest BCUT2D eigenvalue weighted by molar-refractivity contribution is -0.147. The zero-order chi connectivity index (χ0) is 21.4. The minimum absolute atomic E-state index is 0.0215. The average molecular weight is 397 g/mol. The van der Waals surface area contributed by atoms with Gasteiger partial charge in [0.2, 0.25) is 5.54 Å². The number of carboxylic acid groups (broad SMARTS) is 1. The number of amides is 1. The first-order chi connectivity index (χ1) is 13.9. The minimum Gasteiger partial charge on any atom is -0.479 e. The fraction of sp³-hybridized carbons (Fsp3) is 0.105. The largest absolute Gasteiger partial charge is 0.479 e. The summed E-state index contributed by atoms with van der Waals surface area (Å²) in [6.45, 7) is 0. The molecule has 10 nitrogen and oxygen atoms in total. The van der Waals surface area contributed by atoms with Crippen molar-refractivity contribution in [1.82, 2.24) is 10.4 Å². The first-order valence-electron chi connectivity index (χ1n) is 8.19. The third kappa shape index (κ3) is 3.99. The first-order valence-corrected chi connectivity index (χ1v) is 8.19. The highest BCUT2D eigenvalue weighted by atomic mass is 16.5. The monoisotopic (exact) mass is 397 g/mol. The van der Waals surface area contributed by atoms with Gasteiger partial charge < -0.3 is 15.3 Å². The molecule has 29 heavy (non-hydrogen) atoms. The van der Waals surface area contributed by atoms with Crippen LogP contribution >= 0.6 is 0 Å². The van der Waals surface area contributed by atoms with Crippen LogP contribution < -0.4 is 17.1 Å². The molecule has 2 aromatic rings. The Hall–Kier alpha value is -3.98. The molecule has 2 rings (SSSR count). The highest BCUT2D eigenvalue weighted by Crippen LogP contribution is 2.40. The molecule has 0 aliphatic rings. The van der Waals surface area contributed by atoms with Crippen LogP contribution in [0.25, 0.3) is 5.57 Å². The van der Waals surface area contributed by atoms with Gasteiger partial charge in [0.25, 0.3) is 0 Å². The topological polar surface area (TPSA) is 160 Å². The molecular weight excluding hydrogens is 378 g/mol. The van der Waals surface area contributed by atoms with Crippen LogP contribution in [0.3, 0.4) is 0 Å². The van der Waals surface area contributed by atoms with Crippen LogP contribution in [0.15, 0.2) is 59.6 Å². The fourth-order valence-electron chi connectivity index (χ4n) is 2.84. The van der Waals surface area contributed by atoms with Gasteiger partial charge in [-0.3, -0.25) is 0 Å². The van der Waals surface area contributed by atoms with Crippen molar-refractivity contribution in [3.8, 4) is 0 Å². The number of ether oxygens (including phenoxy) is 1. The van der Waals surface area contributed by atoms with Crippen molar-refractivity contribution < 1.29 is 24.2 Å². The third-order valence-electron chi connectivity index (χ3n) is 4.12. The summed E-state index contributed by atoms with van der Waals surface area (Å²) in [5, 5.41) is 10.6. The zero-order valence-corrected chi connectivity index (χ0v) is 15.4. The Morgan fingerprint density at radius 3 is 2.48 bits per heavy atom. The van der Waals surface area contributed by atoms with Crippen molar-refractivity contribution in [2.45, 2.75) is 5.54 Å². The number of hydrogen-bond donors (Lipinski definition) is 4. The van der Waals surface area contributed by atoms with Gasteiger partial charge in [-0.15, -0.1) is 0 Å². The predicted molar refractivity (Wildman–Crippen MR) is 105 cm³/mol. The zero-order valence-electron chi connectivity index (χ0n) is 15.4. The van der Waals surface area contributed by atoms with E-state index in [9.17, 15) is 19.5 Å². The molecule has 150 valence electrons. The Labute approximate surface area is 166 Å². The van der Waals surface area contributed by atoms with Gasteiger partial charge in [-0.2, -0.15) is 0 Å². The second-order valence-electron chi connectivity index (χ2n) is 5.67. The van der Waals surface area contributed by atoms with Gasteiger partial charge in [0.05, 0.1) is 18.4 Å². The summed E-state index contributed by atoms with van der Waals surface area (Å²) in [6.07, 6.45) is 0.00376. The van der Waals surface area contributed by atoms with Crippen molar-refractivity contribution in [2.24, 2.45) is 16.7 Å². The summed E-state index contributed by atoms with van der Waals surface area (Å²) in [6, 6.07) is 13.7. The van der Waals surface area contributed by atoms with Crippen molar-refractivity contribution in [3.05, 3.63) is 65.7 Å². The van der Waals surface area contributed by atoms with Gasteiger partial charge in [0.1, 0.15) is 12.3 Å². The van der Waals surface area contributed by atoms with Gasteiger partial charge in [-0.1, -0.05) is 42.5 Å². The molecule has 6 N–H and O–H groups in total. The molecule has 0 saturated carbocycles. The van der Waals surface area contributed by atoms with Crippen molar-refractivity contribution in [1.29, 1.82) is 0 Å². The van der Waals surface area contributed by atoms with Crippen LogP contribution in [0.2, 0.25) is 0 Å². The number of hydrazine groups is 2. The molecule has 0 aliphatic carbocycles. The predicted octanol–water partition coefficient (Wildman–Crippen LogP) is 0.947. The number of aliphatic carboxylic acids is 1. The lowest BCUT2D eigenvalue weighted by Gasteiger charge is -2.37. The number of carbonyl (C=O) groups excluding carboxylic acids is 2. The van der Waals surface area contributed by atoms with Gasteiger partial charge in [-0.05, 0) is 23.3 Å². The summed E-state index contributed by atoms with van der Waals surface area (Å²) < 4.78 is 4.61. The standard InChI is InChI=1S/C19H19N5O5/c1-29-18(28)24(21)19(17(26)27,16(11-25)13-6-3-2-4-7-13)14-8-5-9-15(10-14)22-12-23-20/h2-10,12H,20-21H2,1H3,(H,22,23)(H,26,27)/t19-/m0/s1. The maximum atomic E-state index is 12.6. The molecule has 0 spiro atoms. The van der Waals surface area contributed by atoms with E-state index in [-0.39, 0.29) is 11.1 Å². The van der Waals surface area contributed by atoms with Crippen LogP contribution in [-0.2, 0) is 19.9 Å². The van der Waals surface area contributed by atoms with Crippen molar-refractivity contribution in [3.63, 3.8) is 0 Å². The minimum atomic E-state index is -2.45. The van der Waals surface area contributed by atoms with Gasteiger partial charge in [0, 0.05) is 0 Å². The molecule has 0 aliphatic heterocycles. The molecule has 0 aromatic heterocycles. The normalized spacial score (nSPS) is 12.5. The molecule has 0 saturated heterocycles. The number of nitrogens with two attached hydrogens (primary N) is 2. The van der Waals surface area contributed by atoms with E-state index in [1.54, 1.807) is 30.2 Å². The van der Waals surface area contributed by atoms with E-state index < -0.39 is 23.2 Å². The number of hydrogen-bond acceptors (Lipinski definition) is 7. The van der Waals surface area contributed by atoms with Crippen molar-refractivity contribution in [2.75, 3.05) is 7.11 Å². The molecule has 2 aromatic carbocycles. The van der Waals surface area contributed by atoms with E-state index in [1.165, 1.54) is 36.7 Å². The number of carboxylic acids is 1. The molecule has 1 amide bonds. The number of nitrogens with one attached hydrogen (secondary N) is 1. The number of carbonyl (C=O) groups is 2. The molecule has 1 atom stereocenters. The first kappa shape index (κ1) is 21.3. The van der Waals surface area contributed by atoms with E-state index in [4.69, 9.17) is 11.7 Å². The highest BCUT2D eigenvalue weighted by molar-refractivity contribution is 6.08.